The lowest BCUT2D eigenvalue weighted by molar-refractivity contribution is 0.0942. The smallest absolute Gasteiger partial charge is 0.272 e. The second-order valence-electron chi connectivity index (χ2n) is 5.75. The van der Waals surface area contributed by atoms with E-state index in [-0.39, 0.29) is 5.91 Å². The summed E-state index contributed by atoms with van der Waals surface area (Å²) in [7, 11) is 1.86. The van der Waals surface area contributed by atoms with Gasteiger partial charge in [0, 0.05) is 24.7 Å². The lowest BCUT2D eigenvalue weighted by Gasteiger charge is -2.18. The van der Waals surface area contributed by atoms with Crippen LogP contribution in [0.4, 0.5) is 0 Å². The number of nitrogens with one attached hydrogen (secondary N) is 1. The van der Waals surface area contributed by atoms with Crippen molar-refractivity contribution in [3.8, 4) is 17.0 Å². The van der Waals surface area contributed by atoms with Crippen LogP contribution in [0, 0.1) is 0 Å². The number of nitrogens with zero attached hydrogens (tertiary/aromatic N) is 2. The van der Waals surface area contributed by atoms with E-state index in [2.05, 4.69) is 10.4 Å². The molecule has 0 bridgehead atoms. The summed E-state index contributed by atoms with van der Waals surface area (Å²) < 4.78 is 7.54. The van der Waals surface area contributed by atoms with E-state index in [9.17, 15) is 4.79 Å². The molecule has 0 spiro atoms. The summed E-state index contributed by atoms with van der Waals surface area (Å²) in [6, 6.07) is 17.6. The summed E-state index contributed by atoms with van der Waals surface area (Å²) >= 11 is 0. The Morgan fingerprint density at radius 3 is 2.75 bits per heavy atom. The van der Waals surface area contributed by atoms with Gasteiger partial charge in [0.25, 0.3) is 5.91 Å². The average Bonchev–Trinajstić information content (AvgIpc) is 2.98. The summed E-state index contributed by atoms with van der Waals surface area (Å²) in [4.78, 5) is 12.6. The highest BCUT2D eigenvalue weighted by Crippen LogP contribution is 2.38. The molecule has 0 aliphatic carbocycles. The lowest BCUT2D eigenvalue weighted by Crippen LogP contribution is -2.25. The fourth-order valence-corrected chi connectivity index (χ4v) is 3.02. The van der Waals surface area contributed by atoms with Gasteiger partial charge in [0.1, 0.15) is 12.4 Å². The maximum absolute atomic E-state index is 12.6. The second-order valence-corrected chi connectivity index (χ2v) is 5.75. The summed E-state index contributed by atoms with van der Waals surface area (Å²) in [5, 5.41) is 7.36. The number of rotatable bonds is 3. The van der Waals surface area contributed by atoms with E-state index in [1.807, 2.05) is 61.6 Å². The molecule has 5 heteroatoms. The minimum Gasteiger partial charge on any atom is -0.488 e. The Labute approximate surface area is 139 Å². The number of fused-ring (bicyclic) bond motifs is 3. The molecule has 1 aliphatic rings. The highest BCUT2D eigenvalue weighted by Gasteiger charge is 2.27. The van der Waals surface area contributed by atoms with Crippen molar-refractivity contribution >= 4 is 5.91 Å². The number of aryl methyl sites for hydroxylation is 1. The molecule has 0 unspecified atom stereocenters. The molecule has 2 heterocycles. The van der Waals surface area contributed by atoms with Crippen LogP contribution in [0.15, 0.2) is 54.6 Å². The van der Waals surface area contributed by atoms with Crippen molar-refractivity contribution in [3.63, 3.8) is 0 Å². The van der Waals surface area contributed by atoms with E-state index in [0.29, 0.717) is 18.8 Å². The molecule has 2 aromatic carbocycles. The first kappa shape index (κ1) is 14.5. The number of benzene rings is 2. The van der Waals surface area contributed by atoms with Crippen molar-refractivity contribution in [2.45, 2.75) is 13.2 Å². The third-order valence-electron chi connectivity index (χ3n) is 4.17. The zero-order valence-corrected chi connectivity index (χ0v) is 13.3. The molecular formula is C19H17N3O2. The zero-order chi connectivity index (χ0) is 16.5. The van der Waals surface area contributed by atoms with Gasteiger partial charge in [-0.15, -0.1) is 0 Å². The van der Waals surface area contributed by atoms with Crippen LogP contribution in [0.1, 0.15) is 21.6 Å². The Bertz CT molecular complexity index is 900. The van der Waals surface area contributed by atoms with E-state index in [4.69, 9.17) is 4.74 Å². The SMILES string of the molecule is Cn1nc(C(=O)NCc2ccccc2)c2c1-c1ccccc1OC2. The van der Waals surface area contributed by atoms with Crippen LogP contribution in [0.5, 0.6) is 5.75 Å². The Morgan fingerprint density at radius 1 is 1.17 bits per heavy atom. The van der Waals surface area contributed by atoms with Crippen LogP contribution in [0.2, 0.25) is 0 Å². The number of hydrogen-bond donors (Lipinski definition) is 1. The zero-order valence-electron chi connectivity index (χ0n) is 13.3. The van der Waals surface area contributed by atoms with Crippen LogP contribution < -0.4 is 10.1 Å². The van der Waals surface area contributed by atoms with E-state index in [1.54, 1.807) is 4.68 Å². The normalized spacial score (nSPS) is 12.0. The van der Waals surface area contributed by atoms with Crippen LogP contribution in [-0.2, 0) is 20.2 Å². The van der Waals surface area contributed by atoms with Gasteiger partial charge >= 0.3 is 0 Å². The highest BCUT2D eigenvalue weighted by atomic mass is 16.5. The first-order chi connectivity index (χ1) is 11.7. The number of carbonyl (C=O) groups excluding carboxylic acids is 1. The monoisotopic (exact) mass is 319 g/mol. The fourth-order valence-electron chi connectivity index (χ4n) is 3.02. The summed E-state index contributed by atoms with van der Waals surface area (Å²) in [6.07, 6.45) is 0. The Kier molecular flexibility index (Phi) is 3.54. The van der Waals surface area contributed by atoms with E-state index < -0.39 is 0 Å². The van der Waals surface area contributed by atoms with Gasteiger partial charge in [0.2, 0.25) is 0 Å². The third-order valence-corrected chi connectivity index (χ3v) is 4.17. The van der Waals surface area contributed by atoms with Gasteiger partial charge in [-0.05, 0) is 17.7 Å². The predicted molar refractivity (Wildman–Crippen MR) is 90.6 cm³/mol. The van der Waals surface area contributed by atoms with E-state index >= 15 is 0 Å². The van der Waals surface area contributed by atoms with Gasteiger partial charge in [0.05, 0.1) is 5.69 Å². The topological polar surface area (TPSA) is 56.2 Å². The van der Waals surface area contributed by atoms with Gasteiger partial charge in [-0.3, -0.25) is 9.48 Å². The minimum atomic E-state index is -0.182. The van der Waals surface area contributed by atoms with Crippen molar-refractivity contribution in [2.24, 2.45) is 7.05 Å². The standard InChI is InChI=1S/C19H17N3O2/c1-22-18-14-9-5-6-10-16(14)24-12-15(18)17(21-22)19(23)20-11-13-7-3-2-4-8-13/h2-10H,11-12H2,1H3,(H,20,23). The van der Waals surface area contributed by atoms with Crippen LogP contribution in [0.3, 0.4) is 0 Å². The van der Waals surface area contributed by atoms with E-state index in [0.717, 1.165) is 28.1 Å². The molecule has 0 fully saturated rings. The molecule has 24 heavy (non-hydrogen) atoms. The second kappa shape index (κ2) is 5.85. The number of hydrogen-bond acceptors (Lipinski definition) is 3. The predicted octanol–water partition coefficient (Wildman–Crippen LogP) is 2.91. The summed E-state index contributed by atoms with van der Waals surface area (Å²) in [6.45, 7) is 0.830. The number of amides is 1. The van der Waals surface area contributed by atoms with Gasteiger partial charge in [-0.25, -0.2) is 0 Å². The van der Waals surface area contributed by atoms with Crippen molar-refractivity contribution in [3.05, 3.63) is 71.4 Å². The quantitative estimate of drug-likeness (QED) is 0.807. The summed E-state index contributed by atoms with van der Waals surface area (Å²) in [5.74, 6) is 0.642. The molecule has 0 saturated heterocycles. The molecule has 3 aromatic rings. The van der Waals surface area contributed by atoms with Gasteiger partial charge < -0.3 is 10.1 Å². The molecule has 120 valence electrons. The molecule has 1 N–H and O–H groups in total. The molecule has 4 rings (SSSR count). The van der Waals surface area contributed by atoms with Crippen molar-refractivity contribution in [2.75, 3.05) is 0 Å². The minimum absolute atomic E-state index is 0.182. The molecule has 0 atom stereocenters. The Balaban J connectivity index is 1.63. The maximum Gasteiger partial charge on any atom is 0.272 e. The maximum atomic E-state index is 12.6. The van der Waals surface area contributed by atoms with Crippen molar-refractivity contribution < 1.29 is 9.53 Å². The number of aromatic nitrogens is 2. The molecule has 5 nitrogen and oxygen atoms in total. The van der Waals surface area contributed by atoms with E-state index in [1.165, 1.54) is 0 Å². The van der Waals surface area contributed by atoms with Gasteiger partial charge in [-0.2, -0.15) is 5.10 Å². The highest BCUT2D eigenvalue weighted by molar-refractivity contribution is 5.96. The Morgan fingerprint density at radius 2 is 1.92 bits per heavy atom. The molecule has 1 amide bonds. The first-order valence-electron chi connectivity index (χ1n) is 7.84. The molecule has 0 saturated carbocycles. The fraction of sp³-hybridized carbons (Fsp3) is 0.158. The largest absolute Gasteiger partial charge is 0.488 e. The average molecular weight is 319 g/mol. The number of para-hydroxylation sites is 1. The Hall–Kier alpha value is -3.08. The number of carbonyl (C=O) groups is 1. The van der Waals surface area contributed by atoms with Crippen LogP contribution >= 0.6 is 0 Å². The summed E-state index contributed by atoms with van der Waals surface area (Å²) in [5.41, 5.74) is 4.23. The van der Waals surface area contributed by atoms with Crippen molar-refractivity contribution in [1.29, 1.82) is 0 Å². The van der Waals surface area contributed by atoms with Gasteiger partial charge in [0.15, 0.2) is 5.69 Å². The lowest BCUT2D eigenvalue weighted by atomic mass is 10.0. The third kappa shape index (κ3) is 2.44. The number of ether oxygens (including phenoxy) is 1. The molecule has 1 aromatic heterocycles. The molecular weight excluding hydrogens is 302 g/mol. The van der Waals surface area contributed by atoms with Crippen molar-refractivity contribution in [1.82, 2.24) is 15.1 Å². The van der Waals surface area contributed by atoms with Crippen LogP contribution in [0.25, 0.3) is 11.3 Å². The molecule has 1 aliphatic heterocycles. The first-order valence-corrected chi connectivity index (χ1v) is 7.84. The van der Waals surface area contributed by atoms with Gasteiger partial charge in [-0.1, -0.05) is 42.5 Å². The molecule has 0 radical (unpaired) electrons. The van der Waals surface area contributed by atoms with Crippen LogP contribution in [-0.4, -0.2) is 15.7 Å².